The molecule has 0 saturated heterocycles. The number of amides is 2. The van der Waals surface area contributed by atoms with Gasteiger partial charge in [0.2, 0.25) is 5.91 Å². The highest BCUT2D eigenvalue weighted by Crippen LogP contribution is 2.42. The second kappa shape index (κ2) is 15.1. The Hall–Kier alpha value is -4.76. The summed E-state index contributed by atoms with van der Waals surface area (Å²) in [5.41, 5.74) is 5.23. The first kappa shape index (κ1) is 32.2. The maximum atomic E-state index is 14.1. The molecule has 230 valence electrons. The minimum Gasteiger partial charge on any atom is -0.480 e. The number of para-hydroxylation sites is 1. The van der Waals surface area contributed by atoms with E-state index in [1.807, 2.05) is 74.5 Å². The number of aliphatic hydroxyl groups excluding tert-OH is 1. The van der Waals surface area contributed by atoms with Crippen LogP contribution in [0.25, 0.3) is 22.4 Å². The van der Waals surface area contributed by atoms with Gasteiger partial charge in [0.05, 0.1) is 23.8 Å². The van der Waals surface area contributed by atoms with Crippen LogP contribution < -0.4 is 10.6 Å². The summed E-state index contributed by atoms with van der Waals surface area (Å²) in [5.74, 6) is -2.33. The van der Waals surface area contributed by atoms with Crippen molar-refractivity contribution in [1.82, 2.24) is 9.88 Å². The van der Waals surface area contributed by atoms with Gasteiger partial charge in [-0.15, -0.1) is 0 Å². The molecule has 1 unspecified atom stereocenters. The Bertz CT molecular complexity index is 1570. The predicted molar refractivity (Wildman–Crippen MR) is 169 cm³/mol. The van der Waals surface area contributed by atoms with Crippen LogP contribution in [0.3, 0.4) is 0 Å². The Balaban J connectivity index is 1.73. The molecule has 1 aromatic heterocycles. The molecule has 0 bridgehead atoms. The van der Waals surface area contributed by atoms with E-state index in [2.05, 4.69) is 15.2 Å². The van der Waals surface area contributed by atoms with Gasteiger partial charge in [-0.05, 0) is 72.7 Å². The van der Waals surface area contributed by atoms with Crippen molar-refractivity contribution in [3.05, 3.63) is 102 Å². The van der Waals surface area contributed by atoms with E-state index < -0.39 is 24.5 Å². The molecule has 44 heavy (non-hydrogen) atoms. The maximum Gasteiger partial charge on any atom is 0.322 e. The van der Waals surface area contributed by atoms with E-state index in [4.69, 9.17) is 5.11 Å². The molecule has 4 N–H and O–H groups in total. The molecule has 0 radical (unpaired) electrons. The number of unbranched alkanes of at least 4 members (excludes halogenated alkanes) is 1. The SMILES string of the molecule is CC(C)c1c(C(=O)Nc2ccccc2)c(-c2ccccc2)c(-c2ccc(F)cc2)n1CCCCC(O)CC(=O)NCC(=O)O. The summed E-state index contributed by atoms with van der Waals surface area (Å²) in [6, 6.07) is 25.2. The number of carboxylic acid groups (broad SMARTS) is 1. The van der Waals surface area contributed by atoms with Crippen LogP contribution in [0.4, 0.5) is 10.1 Å². The van der Waals surface area contributed by atoms with Crippen LogP contribution in [0.5, 0.6) is 0 Å². The van der Waals surface area contributed by atoms with E-state index in [1.165, 1.54) is 12.1 Å². The quantitative estimate of drug-likeness (QED) is 0.124. The first-order valence-electron chi connectivity index (χ1n) is 14.8. The van der Waals surface area contributed by atoms with Crippen LogP contribution in [0.1, 0.15) is 61.5 Å². The van der Waals surface area contributed by atoms with Gasteiger partial charge in [0.15, 0.2) is 0 Å². The molecule has 4 aromatic rings. The van der Waals surface area contributed by atoms with E-state index in [0.717, 1.165) is 28.1 Å². The van der Waals surface area contributed by atoms with E-state index >= 15 is 0 Å². The zero-order valence-electron chi connectivity index (χ0n) is 24.9. The molecule has 8 nitrogen and oxygen atoms in total. The minimum atomic E-state index is -1.15. The summed E-state index contributed by atoms with van der Waals surface area (Å²) in [6.45, 7) is 4.09. The summed E-state index contributed by atoms with van der Waals surface area (Å²) in [6.07, 6.45) is 0.457. The molecule has 1 atom stereocenters. The lowest BCUT2D eigenvalue weighted by Gasteiger charge is -2.18. The molecule has 0 aliphatic rings. The molecule has 3 aromatic carbocycles. The number of carboxylic acids is 1. The van der Waals surface area contributed by atoms with Crippen molar-refractivity contribution in [3.63, 3.8) is 0 Å². The van der Waals surface area contributed by atoms with Crippen LogP contribution >= 0.6 is 0 Å². The summed E-state index contributed by atoms with van der Waals surface area (Å²) >= 11 is 0. The largest absolute Gasteiger partial charge is 0.480 e. The average Bonchev–Trinajstić information content (AvgIpc) is 3.35. The standard InChI is InChI=1S/C35H38FN3O5/c1-23(2)33-32(35(44)38-27-13-7-4-8-14-27)31(24-11-5-3-6-12-24)34(25-16-18-26(36)19-17-25)39(33)20-10-9-15-28(40)21-29(41)37-22-30(42)43/h3-8,11-14,16-19,23,28,40H,9-10,15,20-22H2,1-2H3,(H,37,41)(H,38,44)(H,42,43). The van der Waals surface area contributed by atoms with Gasteiger partial charge in [-0.2, -0.15) is 0 Å². The number of benzene rings is 3. The predicted octanol–water partition coefficient (Wildman–Crippen LogP) is 6.46. The molecule has 9 heteroatoms. The molecule has 0 fully saturated rings. The number of aliphatic carboxylic acids is 1. The Labute approximate surface area is 256 Å². The van der Waals surface area contributed by atoms with E-state index in [1.54, 1.807) is 12.1 Å². The van der Waals surface area contributed by atoms with Gasteiger partial charge in [-0.25, -0.2) is 4.39 Å². The Morgan fingerprint density at radius 3 is 2.11 bits per heavy atom. The third kappa shape index (κ3) is 8.20. The second-order valence-electron chi connectivity index (χ2n) is 11.0. The fourth-order valence-electron chi connectivity index (χ4n) is 5.42. The summed E-state index contributed by atoms with van der Waals surface area (Å²) in [5, 5.41) is 24.5. The van der Waals surface area contributed by atoms with Gasteiger partial charge >= 0.3 is 5.97 Å². The zero-order valence-corrected chi connectivity index (χ0v) is 24.9. The number of nitrogens with zero attached hydrogens (tertiary/aromatic N) is 1. The lowest BCUT2D eigenvalue weighted by Crippen LogP contribution is -2.31. The average molecular weight is 600 g/mol. The fraction of sp³-hybridized carbons (Fsp3) is 0.286. The van der Waals surface area contributed by atoms with Crippen molar-refractivity contribution in [3.8, 4) is 22.4 Å². The third-order valence-electron chi connectivity index (χ3n) is 7.32. The van der Waals surface area contributed by atoms with Crippen LogP contribution in [0.15, 0.2) is 84.9 Å². The Morgan fingerprint density at radius 2 is 1.50 bits per heavy atom. The summed E-state index contributed by atoms with van der Waals surface area (Å²) in [7, 11) is 0. The number of anilines is 1. The van der Waals surface area contributed by atoms with Crippen molar-refractivity contribution in [2.24, 2.45) is 0 Å². The van der Waals surface area contributed by atoms with Gasteiger partial charge in [0, 0.05) is 23.5 Å². The van der Waals surface area contributed by atoms with Crippen LogP contribution in [0.2, 0.25) is 0 Å². The molecular weight excluding hydrogens is 561 g/mol. The van der Waals surface area contributed by atoms with Crippen molar-refractivity contribution >= 4 is 23.5 Å². The number of hydrogen-bond donors (Lipinski definition) is 4. The number of aromatic nitrogens is 1. The number of halogens is 1. The maximum absolute atomic E-state index is 14.1. The molecular formula is C35H38FN3O5. The smallest absolute Gasteiger partial charge is 0.322 e. The normalized spacial score (nSPS) is 11.8. The summed E-state index contributed by atoms with van der Waals surface area (Å²) in [4.78, 5) is 36.7. The van der Waals surface area contributed by atoms with Crippen molar-refractivity contribution in [2.45, 2.75) is 58.1 Å². The highest BCUT2D eigenvalue weighted by molar-refractivity contribution is 6.12. The molecule has 1 heterocycles. The van der Waals surface area contributed by atoms with Gasteiger partial charge in [-0.1, -0.05) is 62.4 Å². The lowest BCUT2D eigenvalue weighted by atomic mass is 9.94. The topological polar surface area (TPSA) is 121 Å². The number of hydrogen-bond acceptors (Lipinski definition) is 4. The van der Waals surface area contributed by atoms with Gasteiger partial charge in [0.25, 0.3) is 5.91 Å². The number of nitrogens with one attached hydrogen (secondary N) is 2. The van der Waals surface area contributed by atoms with Crippen molar-refractivity contribution in [2.75, 3.05) is 11.9 Å². The second-order valence-corrected chi connectivity index (χ2v) is 11.0. The fourth-order valence-corrected chi connectivity index (χ4v) is 5.42. The van der Waals surface area contributed by atoms with Crippen LogP contribution in [-0.2, 0) is 16.1 Å². The highest BCUT2D eigenvalue weighted by atomic mass is 19.1. The molecule has 0 aliphatic carbocycles. The molecule has 0 aliphatic heterocycles. The van der Waals surface area contributed by atoms with Crippen LogP contribution in [-0.4, -0.2) is 45.2 Å². The van der Waals surface area contributed by atoms with Crippen LogP contribution in [0, 0.1) is 5.82 Å². The monoisotopic (exact) mass is 599 g/mol. The highest BCUT2D eigenvalue weighted by Gasteiger charge is 2.30. The van der Waals surface area contributed by atoms with Crippen molar-refractivity contribution < 1.29 is 29.0 Å². The Kier molecular flexibility index (Phi) is 11.0. The Morgan fingerprint density at radius 1 is 0.864 bits per heavy atom. The van der Waals surface area contributed by atoms with E-state index in [0.29, 0.717) is 37.1 Å². The lowest BCUT2D eigenvalue weighted by molar-refractivity contribution is -0.138. The first-order chi connectivity index (χ1) is 21.2. The molecule has 2 amide bonds. The molecule has 0 spiro atoms. The van der Waals surface area contributed by atoms with E-state index in [9.17, 15) is 23.9 Å². The third-order valence-corrected chi connectivity index (χ3v) is 7.32. The van der Waals surface area contributed by atoms with E-state index in [-0.39, 0.29) is 24.1 Å². The zero-order chi connectivity index (χ0) is 31.6. The first-order valence-corrected chi connectivity index (χ1v) is 14.8. The summed E-state index contributed by atoms with van der Waals surface area (Å²) < 4.78 is 16.2. The minimum absolute atomic E-state index is 0.0493. The number of aliphatic hydroxyl groups is 1. The molecule has 4 rings (SSSR count). The number of carbonyl (C=O) groups is 3. The van der Waals surface area contributed by atoms with Gasteiger partial charge < -0.3 is 25.4 Å². The molecule has 0 saturated carbocycles. The van der Waals surface area contributed by atoms with Gasteiger partial charge in [0.1, 0.15) is 12.4 Å². The number of rotatable bonds is 14. The van der Waals surface area contributed by atoms with Crippen molar-refractivity contribution in [1.29, 1.82) is 0 Å². The number of carbonyl (C=O) groups excluding carboxylic acids is 2. The van der Waals surface area contributed by atoms with Gasteiger partial charge in [-0.3, -0.25) is 14.4 Å².